The van der Waals surface area contributed by atoms with Gasteiger partial charge in [-0.15, -0.1) is 11.3 Å². The second-order valence-corrected chi connectivity index (χ2v) is 6.00. The molecule has 3 atom stereocenters. The van der Waals surface area contributed by atoms with Crippen molar-refractivity contribution in [2.24, 2.45) is 5.92 Å². The summed E-state index contributed by atoms with van der Waals surface area (Å²) < 4.78 is 0. The lowest BCUT2D eigenvalue weighted by atomic mass is 10.0. The zero-order chi connectivity index (χ0) is 11.5. The molecule has 0 bridgehead atoms. The third-order valence-corrected chi connectivity index (χ3v) is 4.48. The van der Waals surface area contributed by atoms with Crippen LogP contribution in [0.5, 0.6) is 0 Å². The molecule has 0 amide bonds. The van der Waals surface area contributed by atoms with Crippen molar-refractivity contribution < 1.29 is 0 Å². The van der Waals surface area contributed by atoms with Gasteiger partial charge in [0.15, 0.2) is 0 Å². The highest BCUT2D eigenvalue weighted by Gasteiger charge is 2.23. The molecule has 16 heavy (non-hydrogen) atoms. The summed E-state index contributed by atoms with van der Waals surface area (Å²) in [5, 5.41) is 8.28. The molecule has 3 nitrogen and oxygen atoms in total. The van der Waals surface area contributed by atoms with Gasteiger partial charge in [-0.3, -0.25) is 0 Å². The Morgan fingerprint density at radius 2 is 2.50 bits per heavy atom. The Hall–Kier alpha value is -0.450. The van der Waals surface area contributed by atoms with Gasteiger partial charge in [0.2, 0.25) is 0 Å². The summed E-state index contributed by atoms with van der Waals surface area (Å²) in [5.41, 5.74) is 0. The van der Waals surface area contributed by atoms with E-state index in [0.29, 0.717) is 12.1 Å². The Labute approximate surface area is 102 Å². The van der Waals surface area contributed by atoms with E-state index in [2.05, 4.69) is 36.4 Å². The number of rotatable bonds is 4. The van der Waals surface area contributed by atoms with Crippen LogP contribution in [-0.4, -0.2) is 24.1 Å². The van der Waals surface area contributed by atoms with Crippen molar-refractivity contribution in [3.63, 3.8) is 0 Å². The van der Waals surface area contributed by atoms with Crippen LogP contribution in [0.1, 0.15) is 36.2 Å². The van der Waals surface area contributed by atoms with Crippen molar-refractivity contribution in [3.05, 3.63) is 16.1 Å². The molecule has 1 aliphatic rings. The van der Waals surface area contributed by atoms with Gasteiger partial charge in [0.25, 0.3) is 0 Å². The molecular formula is C12H21N3S. The third-order valence-electron chi connectivity index (χ3n) is 3.38. The summed E-state index contributed by atoms with van der Waals surface area (Å²) in [5.74, 6) is 0.767. The monoisotopic (exact) mass is 239 g/mol. The maximum Gasteiger partial charge on any atom is 0.109 e. The Morgan fingerprint density at radius 1 is 1.69 bits per heavy atom. The summed E-state index contributed by atoms with van der Waals surface area (Å²) in [6.45, 7) is 8.84. The molecule has 0 radical (unpaired) electrons. The van der Waals surface area contributed by atoms with Crippen molar-refractivity contribution in [3.8, 4) is 0 Å². The first-order valence-corrected chi connectivity index (χ1v) is 6.87. The average Bonchev–Trinajstić information content (AvgIpc) is 2.84. The Balaban J connectivity index is 1.81. The number of thiazole rings is 1. The van der Waals surface area contributed by atoms with Gasteiger partial charge >= 0.3 is 0 Å². The molecule has 1 aromatic heterocycles. The minimum Gasteiger partial charge on any atom is -0.314 e. The molecular weight excluding hydrogens is 218 g/mol. The zero-order valence-electron chi connectivity index (χ0n) is 10.3. The predicted molar refractivity (Wildman–Crippen MR) is 68.8 cm³/mol. The van der Waals surface area contributed by atoms with Gasteiger partial charge in [-0.1, -0.05) is 0 Å². The molecule has 0 saturated carbocycles. The number of aryl methyl sites for hydroxylation is 1. The summed E-state index contributed by atoms with van der Waals surface area (Å²) in [4.78, 5) is 5.71. The molecule has 0 spiro atoms. The topological polar surface area (TPSA) is 37.0 Å². The first kappa shape index (κ1) is 12.0. The van der Waals surface area contributed by atoms with Crippen LogP contribution >= 0.6 is 11.3 Å². The van der Waals surface area contributed by atoms with Crippen LogP contribution in [0.25, 0.3) is 0 Å². The van der Waals surface area contributed by atoms with Crippen molar-refractivity contribution in [2.75, 3.05) is 13.1 Å². The standard InChI is InChI=1S/C12H21N3S/c1-8-6-15-12(16-8)10(3)14-7-11-4-5-13-9(11)2/h6,9-11,13-14H,4-5,7H2,1-3H3. The molecule has 3 unspecified atom stereocenters. The second-order valence-electron chi connectivity index (χ2n) is 4.73. The normalized spacial score (nSPS) is 27.2. The number of hydrogen-bond acceptors (Lipinski definition) is 4. The molecule has 1 saturated heterocycles. The van der Waals surface area contributed by atoms with Gasteiger partial charge in [-0.2, -0.15) is 0 Å². The minimum absolute atomic E-state index is 0.381. The van der Waals surface area contributed by atoms with Crippen LogP contribution in [0.4, 0.5) is 0 Å². The van der Waals surface area contributed by atoms with Gasteiger partial charge in [0, 0.05) is 23.7 Å². The maximum atomic E-state index is 4.42. The Kier molecular flexibility index (Phi) is 3.95. The van der Waals surface area contributed by atoms with E-state index in [1.165, 1.54) is 16.3 Å². The number of nitrogens with one attached hydrogen (secondary N) is 2. The first-order chi connectivity index (χ1) is 7.66. The van der Waals surface area contributed by atoms with E-state index in [9.17, 15) is 0 Å². The van der Waals surface area contributed by atoms with E-state index in [4.69, 9.17) is 0 Å². The Bertz CT molecular complexity index is 337. The molecule has 1 aromatic rings. The highest BCUT2D eigenvalue weighted by molar-refractivity contribution is 7.11. The molecule has 90 valence electrons. The molecule has 0 aromatic carbocycles. The van der Waals surface area contributed by atoms with Gasteiger partial charge in [0.1, 0.15) is 5.01 Å². The van der Waals surface area contributed by atoms with E-state index < -0.39 is 0 Å². The lowest BCUT2D eigenvalue weighted by Crippen LogP contribution is -2.32. The quantitative estimate of drug-likeness (QED) is 0.845. The van der Waals surface area contributed by atoms with E-state index in [1.54, 1.807) is 11.3 Å². The van der Waals surface area contributed by atoms with Crippen LogP contribution in [0, 0.1) is 12.8 Å². The third kappa shape index (κ3) is 2.81. The fraction of sp³-hybridized carbons (Fsp3) is 0.750. The van der Waals surface area contributed by atoms with E-state index >= 15 is 0 Å². The van der Waals surface area contributed by atoms with E-state index in [-0.39, 0.29) is 0 Å². The SMILES string of the molecule is Cc1cnc(C(C)NCC2CCNC2C)s1. The molecule has 1 aliphatic heterocycles. The lowest BCUT2D eigenvalue weighted by Gasteiger charge is -2.18. The summed E-state index contributed by atoms with van der Waals surface area (Å²) in [6.07, 6.45) is 3.25. The molecule has 2 N–H and O–H groups in total. The Morgan fingerprint density at radius 3 is 3.06 bits per heavy atom. The molecule has 2 rings (SSSR count). The average molecular weight is 239 g/mol. The molecule has 0 aliphatic carbocycles. The van der Waals surface area contributed by atoms with Gasteiger partial charge in [-0.25, -0.2) is 4.98 Å². The van der Waals surface area contributed by atoms with E-state index in [1.807, 2.05) is 6.20 Å². The highest BCUT2D eigenvalue weighted by Crippen LogP contribution is 2.20. The first-order valence-electron chi connectivity index (χ1n) is 6.06. The summed E-state index contributed by atoms with van der Waals surface area (Å²) >= 11 is 1.79. The van der Waals surface area contributed by atoms with Crippen LogP contribution in [0.3, 0.4) is 0 Å². The molecule has 4 heteroatoms. The van der Waals surface area contributed by atoms with Crippen LogP contribution < -0.4 is 10.6 Å². The van der Waals surface area contributed by atoms with Crippen LogP contribution in [0.15, 0.2) is 6.20 Å². The van der Waals surface area contributed by atoms with Crippen LogP contribution in [0.2, 0.25) is 0 Å². The van der Waals surface area contributed by atoms with Crippen LogP contribution in [-0.2, 0) is 0 Å². The summed E-state index contributed by atoms with van der Waals surface area (Å²) in [7, 11) is 0. The van der Waals surface area contributed by atoms with Crippen molar-refractivity contribution in [2.45, 2.75) is 39.3 Å². The van der Waals surface area contributed by atoms with Crippen molar-refractivity contribution in [1.29, 1.82) is 0 Å². The predicted octanol–water partition coefficient (Wildman–Crippen LogP) is 2.10. The summed E-state index contributed by atoms with van der Waals surface area (Å²) in [6, 6.07) is 1.03. The second kappa shape index (κ2) is 5.25. The molecule has 1 fully saturated rings. The highest BCUT2D eigenvalue weighted by atomic mass is 32.1. The lowest BCUT2D eigenvalue weighted by molar-refractivity contribution is 0.415. The maximum absolute atomic E-state index is 4.42. The zero-order valence-corrected chi connectivity index (χ0v) is 11.1. The van der Waals surface area contributed by atoms with Gasteiger partial charge < -0.3 is 10.6 Å². The number of hydrogen-bond donors (Lipinski definition) is 2. The van der Waals surface area contributed by atoms with Gasteiger partial charge in [0.05, 0.1) is 6.04 Å². The largest absolute Gasteiger partial charge is 0.314 e. The fourth-order valence-electron chi connectivity index (χ4n) is 2.18. The molecule has 2 heterocycles. The van der Waals surface area contributed by atoms with Gasteiger partial charge in [-0.05, 0) is 39.7 Å². The van der Waals surface area contributed by atoms with Crippen molar-refractivity contribution >= 4 is 11.3 Å². The fourth-order valence-corrected chi connectivity index (χ4v) is 2.98. The smallest absolute Gasteiger partial charge is 0.109 e. The number of aromatic nitrogens is 1. The minimum atomic E-state index is 0.381. The van der Waals surface area contributed by atoms with Crippen molar-refractivity contribution in [1.82, 2.24) is 15.6 Å². The number of nitrogens with zero attached hydrogens (tertiary/aromatic N) is 1. The van der Waals surface area contributed by atoms with E-state index in [0.717, 1.165) is 19.0 Å².